The van der Waals surface area contributed by atoms with E-state index in [0.29, 0.717) is 0 Å². The summed E-state index contributed by atoms with van der Waals surface area (Å²) < 4.78 is 0. The standard InChI is InChI=1S/C7H6O4.H3N/c8-5-3-1-2-4(6(5)9)7(10)11;/h1-3,8-9H,(H,10,11);1H3. The number of aromatic hydroxyl groups is 2. The zero-order chi connectivity index (χ0) is 8.43. The van der Waals surface area contributed by atoms with Crippen LogP contribution in [0.4, 0.5) is 0 Å². The minimum Gasteiger partial charge on any atom is -0.504 e. The highest BCUT2D eigenvalue weighted by Crippen LogP contribution is 2.27. The van der Waals surface area contributed by atoms with Crippen molar-refractivity contribution in [2.75, 3.05) is 0 Å². The number of aromatic carboxylic acids is 1. The van der Waals surface area contributed by atoms with Gasteiger partial charge in [0.25, 0.3) is 0 Å². The number of phenolic OH excluding ortho intramolecular Hbond substituents is 1. The van der Waals surface area contributed by atoms with Gasteiger partial charge in [-0.25, -0.2) is 4.79 Å². The van der Waals surface area contributed by atoms with Gasteiger partial charge in [0, 0.05) is 0 Å². The van der Waals surface area contributed by atoms with Gasteiger partial charge < -0.3 is 21.5 Å². The Morgan fingerprint density at radius 1 is 1.25 bits per heavy atom. The van der Waals surface area contributed by atoms with Crippen LogP contribution in [0.3, 0.4) is 0 Å². The number of hydrogen-bond acceptors (Lipinski definition) is 4. The van der Waals surface area contributed by atoms with Crippen molar-refractivity contribution in [2.45, 2.75) is 0 Å². The van der Waals surface area contributed by atoms with E-state index in [0.717, 1.165) is 0 Å². The number of carboxylic acids is 1. The molecule has 0 fully saturated rings. The monoisotopic (exact) mass is 171 g/mol. The van der Waals surface area contributed by atoms with Crippen molar-refractivity contribution in [3.05, 3.63) is 23.8 Å². The molecule has 12 heavy (non-hydrogen) atoms. The fourth-order valence-corrected chi connectivity index (χ4v) is 0.704. The van der Waals surface area contributed by atoms with Gasteiger partial charge in [0.15, 0.2) is 11.5 Å². The molecule has 0 aliphatic rings. The zero-order valence-electron chi connectivity index (χ0n) is 6.19. The van der Waals surface area contributed by atoms with E-state index in [-0.39, 0.29) is 11.7 Å². The molecule has 0 aliphatic heterocycles. The molecule has 0 spiro atoms. The average Bonchev–Trinajstić information content (AvgIpc) is 1.94. The largest absolute Gasteiger partial charge is 0.504 e. The molecule has 1 aromatic rings. The summed E-state index contributed by atoms with van der Waals surface area (Å²) >= 11 is 0. The molecule has 0 unspecified atom stereocenters. The SMILES string of the molecule is N.O=C(O)c1cccc(O)c1O. The molecule has 0 saturated carbocycles. The van der Waals surface area contributed by atoms with Gasteiger partial charge in [-0.2, -0.15) is 0 Å². The maximum Gasteiger partial charge on any atom is 0.339 e. The third kappa shape index (κ3) is 1.64. The first-order chi connectivity index (χ1) is 5.13. The normalized spacial score (nSPS) is 8.67. The Hall–Kier alpha value is -1.75. The predicted molar refractivity (Wildman–Crippen MR) is 41.8 cm³/mol. The van der Waals surface area contributed by atoms with E-state index in [4.69, 9.17) is 15.3 Å². The quantitative estimate of drug-likeness (QED) is 0.470. The van der Waals surface area contributed by atoms with Gasteiger partial charge in [0.05, 0.1) is 0 Å². The first-order valence-corrected chi connectivity index (χ1v) is 2.87. The van der Waals surface area contributed by atoms with E-state index in [9.17, 15) is 4.79 Å². The van der Waals surface area contributed by atoms with Crippen LogP contribution >= 0.6 is 0 Å². The van der Waals surface area contributed by atoms with Crippen molar-refractivity contribution >= 4 is 5.97 Å². The highest BCUT2D eigenvalue weighted by Gasteiger charge is 2.11. The molecule has 0 atom stereocenters. The minimum atomic E-state index is -1.27. The van der Waals surface area contributed by atoms with Crippen LogP contribution in [0.2, 0.25) is 0 Å². The molecular weight excluding hydrogens is 162 g/mol. The number of benzene rings is 1. The van der Waals surface area contributed by atoms with Crippen LogP contribution in [0.1, 0.15) is 10.4 Å². The third-order valence-corrected chi connectivity index (χ3v) is 1.25. The topological polar surface area (TPSA) is 113 Å². The van der Waals surface area contributed by atoms with E-state index in [2.05, 4.69) is 0 Å². The summed E-state index contributed by atoms with van der Waals surface area (Å²) in [6.45, 7) is 0. The van der Waals surface area contributed by atoms with Gasteiger partial charge in [0.2, 0.25) is 0 Å². The van der Waals surface area contributed by atoms with Gasteiger partial charge in [-0.3, -0.25) is 0 Å². The summed E-state index contributed by atoms with van der Waals surface area (Å²) in [5, 5.41) is 26.2. The molecule has 6 N–H and O–H groups in total. The Morgan fingerprint density at radius 3 is 2.25 bits per heavy atom. The second-order valence-corrected chi connectivity index (χ2v) is 1.98. The smallest absolute Gasteiger partial charge is 0.339 e. The molecule has 1 rings (SSSR count). The van der Waals surface area contributed by atoms with Crippen molar-refractivity contribution in [3.8, 4) is 11.5 Å². The Bertz CT molecular complexity index is 297. The maximum absolute atomic E-state index is 10.3. The van der Waals surface area contributed by atoms with Crippen LogP contribution in [0.15, 0.2) is 18.2 Å². The molecule has 0 aliphatic carbocycles. The molecule has 5 heteroatoms. The summed E-state index contributed by atoms with van der Waals surface area (Å²) in [7, 11) is 0. The van der Waals surface area contributed by atoms with E-state index < -0.39 is 17.5 Å². The fourth-order valence-electron chi connectivity index (χ4n) is 0.704. The lowest BCUT2D eigenvalue weighted by Crippen LogP contribution is -1.95. The molecule has 0 aromatic heterocycles. The van der Waals surface area contributed by atoms with Crippen LogP contribution in [-0.4, -0.2) is 21.3 Å². The zero-order valence-corrected chi connectivity index (χ0v) is 6.19. The third-order valence-electron chi connectivity index (χ3n) is 1.25. The van der Waals surface area contributed by atoms with Gasteiger partial charge >= 0.3 is 5.97 Å². The van der Waals surface area contributed by atoms with E-state index in [1.54, 1.807) is 0 Å². The second-order valence-electron chi connectivity index (χ2n) is 1.98. The summed E-state index contributed by atoms with van der Waals surface area (Å²) in [6.07, 6.45) is 0. The summed E-state index contributed by atoms with van der Waals surface area (Å²) in [5.41, 5.74) is -0.301. The highest BCUT2D eigenvalue weighted by molar-refractivity contribution is 5.91. The van der Waals surface area contributed by atoms with Crippen molar-refractivity contribution < 1.29 is 20.1 Å². The lowest BCUT2D eigenvalue weighted by molar-refractivity contribution is 0.0693. The first kappa shape index (κ1) is 10.2. The number of hydrogen-bond donors (Lipinski definition) is 4. The first-order valence-electron chi connectivity index (χ1n) is 2.87. The highest BCUT2D eigenvalue weighted by atomic mass is 16.4. The molecule has 1 aromatic carbocycles. The van der Waals surface area contributed by atoms with Crippen molar-refractivity contribution in [3.63, 3.8) is 0 Å². The predicted octanol–water partition coefficient (Wildman–Crippen LogP) is 0.958. The molecule has 0 heterocycles. The van der Waals surface area contributed by atoms with Gasteiger partial charge in [-0.05, 0) is 12.1 Å². The number of para-hydroxylation sites is 1. The van der Waals surface area contributed by atoms with Gasteiger partial charge in [0.1, 0.15) is 5.56 Å². The van der Waals surface area contributed by atoms with Crippen LogP contribution < -0.4 is 6.15 Å². The van der Waals surface area contributed by atoms with Crippen molar-refractivity contribution in [2.24, 2.45) is 0 Å². The van der Waals surface area contributed by atoms with E-state index in [1.807, 2.05) is 0 Å². The van der Waals surface area contributed by atoms with Crippen LogP contribution in [0.5, 0.6) is 11.5 Å². The lowest BCUT2D eigenvalue weighted by atomic mass is 10.2. The van der Waals surface area contributed by atoms with E-state index in [1.165, 1.54) is 18.2 Å². The molecule has 0 bridgehead atoms. The Labute approximate surface area is 68.5 Å². The lowest BCUT2D eigenvalue weighted by Gasteiger charge is -1.99. The van der Waals surface area contributed by atoms with Crippen LogP contribution in [0, 0.1) is 0 Å². The Balaban J connectivity index is 0.00000121. The van der Waals surface area contributed by atoms with Crippen molar-refractivity contribution in [1.29, 1.82) is 0 Å². The number of phenols is 2. The summed E-state index contributed by atoms with van der Waals surface area (Å²) in [4.78, 5) is 10.3. The summed E-state index contributed by atoms with van der Waals surface area (Å²) in [6, 6.07) is 3.76. The van der Waals surface area contributed by atoms with Crippen LogP contribution in [-0.2, 0) is 0 Å². The molecule has 0 amide bonds. The average molecular weight is 171 g/mol. The van der Waals surface area contributed by atoms with Gasteiger partial charge in [-0.15, -0.1) is 0 Å². The Morgan fingerprint density at radius 2 is 1.83 bits per heavy atom. The second kappa shape index (κ2) is 3.59. The summed E-state index contributed by atoms with van der Waals surface area (Å²) in [5.74, 6) is -2.29. The molecule has 66 valence electrons. The fraction of sp³-hybridized carbons (Fsp3) is 0. The minimum absolute atomic E-state index is 0. The molecule has 0 radical (unpaired) electrons. The number of carboxylic acid groups (broad SMARTS) is 1. The maximum atomic E-state index is 10.3. The number of carbonyl (C=O) groups is 1. The van der Waals surface area contributed by atoms with Gasteiger partial charge in [-0.1, -0.05) is 6.07 Å². The van der Waals surface area contributed by atoms with Crippen molar-refractivity contribution in [1.82, 2.24) is 6.15 Å². The Kier molecular flexibility index (Phi) is 3.06. The molecular formula is C7H9NO4. The molecule has 5 nitrogen and oxygen atoms in total. The van der Waals surface area contributed by atoms with Crippen LogP contribution in [0.25, 0.3) is 0 Å². The molecule has 0 saturated heterocycles. The van der Waals surface area contributed by atoms with E-state index >= 15 is 0 Å². The number of rotatable bonds is 1.